The predicted octanol–water partition coefficient (Wildman–Crippen LogP) is 1.47. The Morgan fingerprint density at radius 3 is 2.69 bits per heavy atom. The van der Waals surface area contributed by atoms with E-state index >= 15 is 0 Å². The highest BCUT2D eigenvalue weighted by Crippen LogP contribution is 2.12. The van der Waals surface area contributed by atoms with Gasteiger partial charge in [0.25, 0.3) is 0 Å². The number of hydrogen-bond donors (Lipinski definition) is 3. The van der Waals surface area contributed by atoms with E-state index in [2.05, 4.69) is 16.0 Å². The molecule has 0 aliphatic carbocycles. The maximum Gasteiger partial charge on any atom is 0.423 e. The molecule has 0 aliphatic rings. The van der Waals surface area contributed by atoms with E-state index < -0.39 is 6.09 Å². The Balaban J connectivity index is 2.23. The summed E-state index contributed by atoms with van der Waals surface area (Å²) in [5.74, 6) is 0.550. The summed E-state index contributed by atoms with van der Waals surface area (Å²) >= 11 is 0. The first-order valence-electron chi connectivity index (χ1n) is 4.62. The van der Waals surface area contributed by atoms with Gasteiger partial charge in [-0.25, -0.2) is 14.9 Å². The lowest BCUT2D eigenvalue weighted by Crippen LogP contribution is -2.28. The standard InChI is InChI=1S/C10H10N4O2/c15-10(16)13-12-9-6-7-11-14(9)8-4-2-1-3-5-8/h1-7,12-13H,(H,15,16). The second kappa shape index (κ2) is 4.35. The van der Waals surface area contributed by atoms with Gasteiger partial charge in [-0.2, -0.15) is 5.10 Å². The van der Waals surface area contributed by atoms with Crippen LogP contribution in [0.5, 0.6) is 0 Å². The number of rotatable bonds is 3. The Kier molecular flexibility index (Phi) is 2.73. The predicted molar refractivity (Wildman–Crippen MR) is 58.3 cm³/mol. The number of carbonyl (C=O) groups is 1. The second-order valence-corrected chi connectivity index (χ2v) is 3.02. The quantitative estimate of drug-likeness (QED) is 0.681. The average molecular weight is 218 g/mol. The first-order chi connectivity index (χ1) is 7.77. The molecule has 6 nitrogen and oxygen atoms in total. The minimum Gasteiger partial charge on any atom is -0.464 e. The molecule has 1 aromatic carbocycles. The van der Waals surface area contributed by atoms with Crippen LogP contribution in [-0.2, 0) is 0 Å². The van der Waals surface area contributed by atoms with Crippen molar-refractivity contribution in [2.75, 3.05) is 5.43 Å². The van der Waals surface area contributed by atoms with Crippen molar-refractivity contribution < 1.29 is 9.90 Å². The van der Waals surface area contributed by atoms with Gasteiger partial charge in [0.1, 0.15) is 5.82 Å². The van der Waals surface area contributed by atoms with Gasteiger partial charge >= 0.3 is 6.09 Å². The van der Waals surface area contributed by atoms with Crippen LogP contribution in [0, 0.1) is 0 Å². The smallest absolute Gasteiger partial charge is 0.423 e. The lowest BCUT2D eigenvalue weighted by molar-refractivity contribution is 0.197. The van der Waals surface area contributed by atoms with Gasteiger partial charge in [-0.05, 0) is 12.1 Å². The SMILES string of the molecule is O=C(O)NNc1ccnn1-c1ccccc1. The maximum absolute atomic E-state index is 10.3. The monoisotopic (exact) mass is 218 g/mol. The minimum atomic E-state index is -1.15. The number of carboxylic acid groups (broad SMARTS) is 1. The molecule has 82 valence electrons. The third kappa shape index (κ3) is 2.11. The van der Waals surface area contributed by atoms with Crippen LogP contribution in [0.1, 0.15) is 0 Å². The largest absolute Gasteiger partial charge is 0.464 e. The van der Waals surface area contributed by atoms with Crippen LogP contribution in [0.4, 0.5) is 10.6 Å². The van der Waals surface area contributed by atoms with Gasteiger partial charge in [0.2, 0.25) is 0 Å². The first-order valence-corrected chi connectivity index (χ1v) is 4.62. The summed E-state index contributed by atoms with van der Waals surface area (Å²) in [6.07, 6.45) is 0.430. The van der Waals surface area contributed by atoms with Crippen LogP contribution >= 0.6 is 0 Å². The second-order valence-electron chi connectivity index (χ2n) is 3.02. The van der Waals surface area contributed by atoms with Crippen LogP contribution in [-0.4, -0.2) is 21.0 Å². The summed E-state index contributed by atoms with van der Waals surface area (Å²) < 4.78 is 1.59. The number of nitrogens with zero attached hydrogens (tertiary/aromatic N) is 2. The summed E-state index contributed by atoms with van der Waals surface area (Å²) in [4.78, 5) is 10.3. The van der Waals surface area contributed by atoms with Crippen molar-refractivity contribution >= 4 is 11.9 Å². The molecule has 1 aromatic heterocycles. The minimum absolute atomic E-state index is 0.550. The number of para-hydroxylation sites is 1. The van der Waals surface area contributed by atoms with Crippen molar-refractivity contribution in [1.82, 2.24) is 15.2 Å². The highest BCUT2D eigenvalue weighted by atomic mass is 16.4. The number of aromatic nitrogens is 2. The number of hydrogen-bond acceptors (Lipinski definition) is 3. The van der Waals surface area contributed by atoms with E-state index in [-0.39, 0.29) is 0 Å². The number of benzene rings is 1. The molecule has 0 unspecified atom stereocenters. The van der Waals surface area contributed by atoms with E-state index in [1.165, 1.54) is 0 Å². The Bertz CT molecular complexity index is 481. The molecule has 3 N–H and O–H groups in total. The lowest BCUT2D eigenvalue weighted by Gasteiger charge is -2.08. The molecule has 0 aliphatic heterocycles. The number of nitrogens with one attached hydrogen (secondary N) is 2. The summed E-state index contributed by atoms with van der Waals surface area (Å²) in [6.45, 7) is 0. The third-order valence-corrected chi connectivity index (χ3v) is 1.94. The normalized spacial score (nSPS) is 9.75. The summed E-state index contributed by atoms with van der Waals surface area (Å²) in [5, 5.41) is 12.6. The number of anilines is 1. The Hall–Kier alpha value is -2.50. The fourth-order valence-electron chi connectivity index (χ4n) is 1.29. The molecule has 0 bridgehead atoms. The maximum atomic E-state index is 10.3. The Labute approximate surface area is 91.5 Å². The molecule has 1 amide bonds. The Morgan fingerprint density at radius 2 is 2.00 bits per heavy atom. The first kappa shape index (κ1) is 10.0. The number of hydrazine groups is 1. The van der Waals surface area contributed by atoms with Gasteiger partial charge < -0.3 is 5.11 Å². The molecular weight excluding hydrogens is 208 g/mol. The molecule has 1 heterocycles. The van der Waals surface area contributed by atoms with Crippen molar-refractivity contribution in [2.45, 2.75) is 0 Å². The van der Waals surface area contributed by atoms with Crippen LogP contribution < -0.4 is 10.9 Å². The van der Waals surface area contributed by atoms with Crippen LogP contribution in [0.15, 0.2) is 42.6 Å². The van der Waals surface area contributed by atoms with Crippen molar-refractivity contribution in [3.05, 3.63) is 42.6 Å². The van der Waals surface area contributed by atoms with Crippen LogP contribution in [0.25, 0.3) is 5.69 Å². The summed E-state index contributed by atoms with van der Waals surface area (Å²) in [5.41, 5.74) is 5.46. The number of amides is 1. The van der Waals surface area contributed by atoms with Crippen molar-refractivity contribution in [3.63, 3.8) is 0 Å². The van der Waals surface area contributed by atoms with Crippen molar-refractivity contribution in [3.8, 4) is 5.69 Å². The van der Waals surface area contributed by atoms with E-state index in [4.69, 9.17) is 5.11 Å². The van der Waals surface area contributed by atoms with Gasteiger partial charge in [-0.3, -0.25) is 5.43 Å². The highest BCUT2D eigenvalue weighted by Gasteiger charge is 2.04. The van der Waals surface area contributed by atoms with Crippen molar-refractivity contribution in [1.29, 1.82) is 0 Å². The fraction of sp³-hybridized carbons (Fsp3) is 0. The Morgan fingerprint density at radius 1 is 1.25 bits per heavy atom. The van der Waals surface area contributed by atoms with Gasteiger partial charge in [0, 0.05) is 6.07 Å². The zero-order valence-electron chi connectivity index (χ0n) is 8.29. The average Bonchev–Trinajstić information content (AvgIpc) is 2.75. The van der Waals surface area contributed by atoms with E-state index in [1.807, 2.05) is 30.3 Å². The molecule has 6 heteroatoms. The molecule has 2 rings (SSSR count). The van der Waals surface area contributed by atoms with Crippen molar-refractivity contribution in [2.24, 2.45) is 0 Å². The molecule has 0 fully saturated rings. The van der Waals surface area contributed by atoms with E-state index in [0.29, 0.717) is 5.82 Å². The van der Waals surface area contributed by atoms with Gasteiger partial charge in [0.05, 0.1) is 11.9 Å². The van der Waals surface area contributed by atoms with E-state index in [0.717, 1.165) is 5.69 Å². The summed E-state index contributed by atoms with van der Waals surface area (Å²) in [6, 6.07) is 11.1. The topological polar surface area (TPSA) is 79.2 Å². The zero-order valence-corrected chi connectivity index (χ0v) is 8.29. The molecule has 0 saturated heterocycles. The zero-order chi connectivity index (χ0) is 11.4. The van der Waals surface area contributed by atoms with Gasteiger partial charge in [-0.1, -0.05) is 18.2 Å². The molecule has 16 heavy (non-hydrogen) atoms. The van der Waals surface area contributed by atoms with Crippen LogP contribution in [0.3, 0.4) is 0 Å². The molecule has 0 spiro atoms. The third-order valence-electron chi connectivity index (χ3n) is 1.94. The van der Waals surface area contributed by atoms with Gasteiger partial charge in [0.15, 0.2) is 0 Å². The highest BCUT2D eigenvalue weighted by molar-refractivity contribution is 5.66. The van der Waals surface area contributed by atoms with Gasteiger partial charge in [-0.15, -0.1) is 0 Å². The fourth-order valence-corrected chi connectivity index (χ4v) is 1.29. The lowest BCUT2D eigenvalue weighted by atomic mass is 10.3. The molecule has 0 saturated carbocycles. The van der Waals surface area contributed by atoms with E-state index in [1.54, 1.807) is 16.9 Å². The van der Waals surface area contributed by atoms with E-state index in [9.17, 15) is 4.79 Å². The summed E-state index contributed by atoms with van der Waals surface area (Å²) in [7, 11) is 0. The molecular formula is C10H10N4O2. The molecule has 2 aromatic rings. The van der Waals surface area contributed by atoms with Crippen LogP contribution in [0.2, 0.25) is 0 Å². The molecule has 0 radical (unpaired) electrons. The molecule has 0 atom stereocenters.